The summed E-state index contributed by atoms with van der Waals surface area (Å²) in [6.45, 7) is 4.07. The summed E-state index contributed by atoms with van der Waals surface area (Å²) in [5.41, 5.74) is 0.878. The Kier molecular flexibility index (Phi) is 7.25. The average molecular weight is 332 g/mol. The van der Waals surface area contributed by atoms with Crippen molar-refractivity contribution in [1.82, 2.24) is 10.2 Å². The Balaban J connectivity index is 1.93. The molecular weight excluding hydrogens is 304 g/mol. The van der Waals surface area contributed by atoms with E-state index in [9.17, 15) is 9.59 Å². The summed E-state index contributed by atoms with van der Waals surface area (Å²) in [4.78, 5) is 26.3. The van der Waals surface area contributed by atoms with Crippen molar-refractivity contribution in [3.63, 3.8) is 0 Å². The molecule has 0 unspecified atom stereocenters. The van der Waals surface area contributed by atoms with Crippen LogP contribution in [0.25, 0.3) is 0 Å². The van der Waals surface area contributed by atoms with Crippen LogP contribution in [-0.2, 0) is 14.3 Å². The van der Waals surface area contributed by atoms with Gasteiger partial charge in [-0.1, -0.05) is 37.3 Å². The largest absolute Gasteiger partial charge is 0.367 e. The molecule has 1 saturated heterocycles. The lowest BCUT2D eigenvalue weighted by atomic mass is 9.96. The van der Waals surface area contributed by atoms with Crippen LogP contribution < -0.4 is 5.32 Å². The Morgan fingerprint density at radius 1 is 1.33 bits per heavy atom. The number of nitrogens with zero attached hydrogens (tertiary/aromatic N) is 1. The highest BCUT2D eigenvalue weighted by Gasteiger charge is 2.29. The van der Waals surface area contributed by atoms with Gasteiger partial charge < -0.3 is 15.0 Å². The molecule has 1 aliphatic heterocycles. The van der Waals surface area contributed by atoms with Gasteiger partial charge in [0.05, 0.1) is 0 Å². The molecule has 2 rings (SSSR count). The monoisotopic (exact) mass is 332 g/mol. The number of carbonyl (C=O) groups is 2. The van der Waals surface area contributed by atoms with Crippen LogP contribution in [-0.4, -0.2) is 43.5 Å². The van der Waals surface area contributed by atoms with Crippen LogP contribution in [0.1, 0.15) is 44.3 Å². The molecule has 0 aliphatic carbocycles. The maximum atomic E-state index is 12.8. The summed E-state index contributed by atoms with van der Waals surface area (Å²) in [5.74, 6) is 0.421. The zero-order chi connectivity index (χ0) is 17.4. The van der Waals surface area contributed by atoms with Crippen LogP contribution in [0.2, 0.25) is 0 Å². The van der Waals surface area contributed by atoms with Gasteiger partial charge in [0.1, 0.15) is 0 Å². The average Bonchev–Trinajstić information content (AvgIpc) is 2.62. The first-order valence-electron chi connectivity index (χ1n) is 8.79. The molecule has 0 aromatic heterocycles. The van der Waals surface area contributed by atoms with Crippen LogP contribution in [0, 0.1) is 5.92 Å². The van der Waals surface area contributed by atoms with E-state index >= 15 is 0 Å². The highest BCUT2D eigenvalue weighted by molar-refractivity contribution is 5.82. The van der Waals surface area contributed by atoms with E-state index in [1.54, 1.807) is 7.11 Å². The number of amides is 2. The van der Waals surface area contributed by atoms with E-state index in [4.69, 9.17) is 4.74 Å². The lowest BCUT2D eigenvalue weighted by Gasteiger charge is -2.34. The van der Waals surface area contributed by atoms with E-state index < -0.39 is 6.10 Å². The molecule has 2 amide bonds. The zero-order valence-corrected chi connectivity index (χ0v) is 14.7. The predicted molar refractivity (Wildman–Crippen MR) is 93.4 cm³/mol. The molecule has 1 fully saturated rings. The quantitative estimate of drug-likeness (QED) is 0.835. The normalized spacial score (nSPS) is 18.9. The Hall–Kier alpha value is -1.88. The molecular formula is C19H28N2O3. The molecule has 5 nitrogen and oxygen atoms in total. The summed E-state index contributed by atoms with van der Waals surface area (Å²) in [6, 6.07) is 9.58. The van der Waals surface area contributed by atoms with E-state index in [0.29, 0.717) is 25.4 Å². The Bertz CT molecular complexity index is 533. The SMILES string of the molecule is CCCC(=O)NC[C@H]1CCCN(C(=O)[C@@H](OC)c2ccccc2)C1. The summed E-state index contributed by atoms with van der Waals surface area (Å²) in [5, 5.41) is 2.98. The van der Waals surface area contributed by atoms with Crippen molar-refractivity contribution in [2.45, 2.75) is 38.7 Å². The second kappa shape index (κ2) is 9.42. The lowest BCUT2D eigenvalue weighted by Crippen LogP contribution is -2.45. The fourth-order valence-corrected chi connectivity index (χ4v) is 3.18. The Morgan fingerprint density at radius 3 is 2.75 bits per heavy atom. The van der Waals surface area contributed by atoms with Gasteiger partial charge in [0.25, 0.3) is 5.91 Å². The number of hydrogen-bond acceptors (Lipinski definition) is 3. The smallest absolute Gasteiger partial charge is 0.256 e. The first-order valence-corrected chi connectivity index (χ1v) is 8.79. The highest BCUT2D eigenvalue weighted by atomic mass is 16.5. The van der Waals surface area contributed by atoms with Gasteiger partial charge in [0, 0.05) is 33.2 Å². The lowest BCUT2D eigenvalue weighted by molar-refractivity contribution is -0.144. The van der Waals surface area contributed by atoms with Gasteiger partial charge in [-0.2, -0.15) is 0 Å². The molecule has 0 bridgehead atoms. The third-order valence-electron chi connectivity index (χ3n) is 4.46. The Morgan fingerprint density at radius 2 is 2.08 bits per heavy atom. The molecule has 1 aromatic rings. The number of carbonyl (C=O) groups excluding carboxylic acids is 2. The molecule has 1 aliphatic rings. The van der Waals surface area contributed by atoms with E-state index in [1.165, 1.54) is 0 Å². The molecule has 0 saturated carbocycles. The van der Waals surface area contributed by atoms with Gasteiger partial charge in [-0.25, -0.2) is 0 Å². The van der Waals surface area contributed by atoms with Gasteiger partial charge in [0.15, 0.2) is 6.10 Å². The van der Waals surface area contributed by atoms with Gasteiger partial charge in [-0.3, -0.25) is 9.59 Å². The molecule has 5 heteroatoms. The minimum Gasteiger partial charge on any atom is -0.367 e. The number of piperidine rings is 1. The molecule has 2 atom stereocenters. The maximum absolute atomic E-state index is 12.8. The number of nitrogens with one attached hydrogen (secondary N) is 1. The first-order chi connectivity index (χ1) is 11.7. The minimum atomic E-state index is -0.556. The minimum absolute atomic E-state index is 0.00767. The van der Waals surface area contributed by atoms with Crippen molar-refractivity contribution in [1.29, 1.82) is 0 Å². The maximum Gasteiger partial charge on any atom is 0.256 e. The summed E-state index contributed by atoms with van der Waals surface area (Å²) < 4.78 is 5.46. The molecule has 1 N–H and O–H groups in total. The van der Waals surface area contributed by atoms with Crippen LogP contribution >= 0.6 is 0 Å². The second-order valence-corrected chi connectivity index (χ2v) is 6.37. The molecule has 0 spiro atoms. The molecule has 1 aromatic carbocycles. The molecule has 132 valence electrons. The standard InChI is InChI=1S/C19H28N2O3/c1-3-8-17(22)20-13-15-9-7-12-21(14-15)19(23)18(24-2)16-10-5-4-6-11-16/h4-6,10-11,15,18H,3,7-9,12-14H2,1-2H3,(H,20,22)/t15-,18+/m1/s1. The number of hydrogen-bond donors (Lipinski definition) is 1. The van der Waals surface area contributed by atoms with E-state index in [1.807, 2.05) is 42.2 Å². The third kappa shape index (κ3) is 5.06. The van der Waals surface area contributed by atoms with E-state index in [2.05, 4.69) is 5.32 Å². The number of methoxy groups -OCH3 is 1. The van der Waals surface area contributed by atoms with Gasteiger partial charge >= 0.3 is 0 Å². The fourth-order valence-electron chi connectivity index (χ4n) is 3.18. The number of rotatable bonds is 7. The first kappa shape index (κ1) is 18.5. The second-order valence-electron chi connectivity index (χ2n) is 6.37. The van der Waals surface area contributed by atoms with E-state index in [0.717, 1.165) is 31.4 Å². The van der Waals surface area contributed by atoms with Crippen LogP contribution in [0.3, 0.4) is 0 Å². The van der Waals surface area contributed by atoms with Crippen molar-refractivity contribution >= 4 is 11.8 Å². The predicted octanol–water partition coefficient (Wildman–Crippen LogP) is 2.53. The number of likely N-dealkylation sites (tertiary alicyclic amines) is 1. The zero-order valence-electron chi connectivity index (χ0n) is 14.7. The van der Waals surface area contributed by atoms with Gasteiger partial charge in [0.2, 0.25) is 5.91 Å². The fraction of sp³-hybridized carbons (Fsp3) is 0.579. The number of ether oxygens (including phenoxy) is 1. The van der Waals surface area contributed by atoms with Gasteiger partial charge in [-0.15, -0.1) is 0 Å². The highest BCUT2D eigenvalue weighted by Crippen LogP contribution is 2.23. The number of benzene rings is 1. The van der Waals surface area contributed by atoms with Crippen molar-refractivity contribution in [3.8, 4) is 0 Å². The molecule has 0 radical (unpaired) electrons. The summed E-state index contributed by atoms with van der Waals surface area (Å²) in [7, 11) is 1.57. The van der Waals surface area contributed by atoms with Crippen molar-refractivity contribution < 1.29 is 14.3 Å². The summed E-state index contributed by atoms with van der Waals surface area (Å²) in [6.07, 6.45) is 2.87. The molecule has 24 heavy (non-hydrogen) atoms. The van der Waals surface area contributed by atoms with Crippen LogP contribution in [0.4, 0.5) is 0 Å². The van der Waals surface area contributed by atoms with E-state index in [-0.39, 0.29) is 11.8 Å². The van der Waals surface area contributed by atoms with Crippen LogP contribution in [0.5, 0.6) is 0 Å². The van der Waals surface area contributed by atoms with Crippen molar-refractivity contribution in [2.24, 2.45) is 5.92 Å². The van der Waals surface area contributed by atoms with Crippen LogP contribution in [0.15, 0.2) is 30.3 Å². The van der Waals surface area contributed by atoms with Gasteiger partial charge in [-0.05, 0) is 30.7 Å². The van der Waals surface area contributed by atoms with Crippen molar-refractivity contribution in [3.05, 3.63) is 35.9 Å². The Labute approximate surface area is 144 Å². The summed E-state index contributed by atoms with van der Waals surface area (Å²) >= 11 is 0. The molecule has 1 heterocycles. The third-order valence-corrected chi connectivity index (χ3v) is 4.46. The topological polar surface area (TPSA) is 58.6 Å². The van der Waals surface area contributed by atoms with Crippen molar-refractivity contribution in [2.75, 3.05) is 26.7 Å².